The van der Waals surface area contributed by atoms with Crippen molar-refractivity contribution < 1.29 is 29.7 Å². The fourth-order valence-corrected chi connectivity index (χ4v) is 0.858. The Morgan fingerprint density at radius 3 is 1.80 bits per heavy atom. The Labute approximate surface area is 90.3 Å². The van der Waals surface area contributed by atoms with Crippen LogP contribution in [0.3, 0.4) is 0 Å². The van der Waals surface area contributed by atoms with Crippen molar-refractivity contribution in [2.75, 3.05) is 12.0 Å². The molecule has 0 heterocycles. The maximum absolute atomic E-state index is 10.1. The lowest BCUT2D eigenvalue weighted by Crippen LogP contribution is -2.30. The standard InChI is InChI=1S/C5H11NO2S.C2H2O4/c1-9-3-2-4(6)5(7)8;3-1(4)2(5)6/h4H,2-3,6H2,1H3,(H,7,8);(H,3,4)(H,5,6)/t4-;/m0./s1. The van der Waals surface area contributed by atoms with Crippen molar-refractivity contribution in [3.05, 3.63) is 0 Å². The smallest absolute Gasteiger partial charge is 0.414 e. The van der Waals surface area contributed by atoms with Crippen LogP contribution >= 0.6 is 11.8 Å². The number of carboxylic acids is 3. The summed E-state index contributed by atoms with van der Waals surface area (Å²) in [5.74, 6) is -3.75. The molecule has 0 amide bonds. The molecule has 0 aromatic rings. The van der Waals surface area contributed by atoms with Crippen LogP contribution in [0.4, 0.5) is 0 Å². The van der Waals surface area contributed by atoms with E-state index >= 15 is 0 Å². The van der Waals surface area contributed by atoms with E-state index in [1.165, 1.54) is 0 Å². The second-order valence-corrected chi connectivity index (χ2v) is 3.32. The Morgan fingerprint density at radius 2 is 1.60 bits per heavy atom. The van der Waals surface area contributed by atoms with Crippen molar-refractivity contribution in [3.63, 3.8) is 0 Å². The number of hydrogen-bond donors (Lipinski definition) is 4. The highest BCUT2D eigenvalue weighted by Gasteiger charge is 2.08. The minimum atomic E-state index is -1.82. The second-order valence-electron chi connectivity index (χ2n) is 2.34. The fraction of sp³-hybridized carbons (Fsp3) is 0.571. The Balaban J connectivity index is 0. The Hall–Kier alpha value is -1.28. The van der Waals surface area contributed by atoms with Gasteiger partial charge in [-0.05, 0) is 18.4 Å². The molecule has 0 aliphatic heterocycles. The Morgan fingerprint density at radius 1 is 1.20 bits per heavy atom. The molecule has 0 saturated heterocycles. The van der Waals surface area contributed by atoms with Crippen LogP contribution < -0.4 is 5.73 Å². The molecule has 0 aliphatic rings. The molecule has 0 spiro atoms. The molecule has 0 bridgehead atoms. The minimum absolute atomic E-state index is 0.552. The quantitative estimate of drug-likeness (QED) is 0.473. The fourth-order valence-electron chi connectivity index (χ4n) is 0.368. The first-order valence-corrected chi connectivity index (χ1v) is 5.15. The zero-order chi connectivity index (χ0) is 12.4. The molecule has 1 atom stereocenters. The highest BCUT2D eigenvalue weighted by molar-refractivity contribution is 7.98. The summed E-state index contributed by atoms with van der Waals surface area (Å²) in [4.78, 5) is 28.3. The van der Waals surface area contributed by atoms with Crippen molar-refractivity contribution in [1.82, 2.24) is 0 Å². The topological polar surface area (TPSA) is 138 Å². The molecule has 0 aliphatic carbocycles. The van der Waals surface area contributed by atoms with Gasteiger partial charge in [-0.25, -0.2) is 9.59 Å². The molecule has 0 rings (SSSR count). The molecular weight excluding hydrogens is 226 g/mol. The van der Waals surface area contributed by atoms with Gasteiger partial charge in [0.05, 0.1) is 0 Å². The Bertz CT molecular complexity index is 220. The zero-order valence-corrected chi connectivity index (χ0v) is 8.86. The van der Waals surface area contributed by atoms with E-state index in [9.17, 15) is 4.79 Å². The van der Waals surface area contributed by atoms with E-state index in [1.54, 1.807) is 11.8 Å². The maximum Gasteiger partial charge on any atom is 0.414 e. The van der Waals surface area contributed by atoms with Gasteiger partial charge in [0.2, 0.25) is 0 Å². The monoisotopic (exact) mass is 239 g/mol. The van der Waals surface area contributed by atoms with Crippen molar-refractivity contribution in [1.29, 1.82) is 0 Å². The van der Waals surface area contributed by atoms with E-state index in [4.69, 9.17) is 30.6 Å². The normalized spacial score (nSPS) is 10.8. The highest BCUT2D eigenvalue weighted by Crippen LogP contribution is 1.97. The van der Waals surface area contributed by atoms with Crippen LogP contribution in [-0.2, 0) is 14.4 Å². The first-order valence-electron chi connectivity index (χ1n) is 3.76. The summed E-state index contributed by atoms with van der Waals surface area (Å²) in [5, 5.41) is 23.1. The van der Waals surface area contributed by atoms with Crippen molar-refractivity contribution in [3.8, 4) is 0 Å². The summed E-state index contributed by atoms with van der Waals surface area (Å²) in [5.41, 5.74) is 5.19. The summed E-state index contributed by atoms with van der Waals surface area (Å²) >= 11 is 1.60. The van der Waals surface area contributed by atoms with Gasteiger partial charge in [0.25, 0.3) is 0 Å². The van der Waals surface area contributed by atoms with Crippen LogP contribution in [-0.4, -0.2) is 51.3 Å². The average molecular weight is 239 g/mol. The lowest BCUT2D eigenvalue weighted by atomic mass is 10.2. The minimum Gasteiger partial charge on any atom is -0.480 e. The lowest BCUT2D eigenvalue weighted by Gasteiger charge is -2.02. The number of thioether (sulfide) groups is 1. The van der Waals surface area contributed by atoms with Crippen LogP contribution in [0, 0.1) is 0 Å². The third kappa shape index (κ3) is 12.7. The predicted molar refractivity (Wildman–Crippen MR) is 53.9 cm³/mol. The number of hydrogen-bond acceptors (Lipinski definition) is 5. The lowest BCUT2D eigenvalue weighted by molar-refractivity contribution is -0.159. The van der Waals surface area contributed by atoms with Gasteiger partial charge in [0.1, 0.15) is 6.04 Å². The number of nitrogens with two attached hydrogens (primary N) is 1. The van der Waals surface area contributed by atoms with Crippen molar-refractivity contribution >= 4 is 29.7 Å². The number of carbonyl (C=O) groups is 3. The summed E-state index contributed by atoms with van der Waals surface area (Å²) in [6, 6.07) is -0.683. The van der Waals surface area contributed by atoms with E-state index in [0.717, 1.165) is 5.75 Å². The number of aliphatic carboxylic acids is 3. The van der Waals surface area contributed by atoms with Crippen LogP contribution in [0.15, 0.2) is 0 Å². The first-order chi connectivity index (χ1) is 6.82. The molecule has 0 aromatic heterocycles. The third-order valence-electron chi connectivity index (χ3n) is 1.13. The van der Waals surface area contributed by atoms with E-state index < -0.39 is 23.9 Å². The molecule has 7 nitrogen and oxygen atoms in total. The molecule has 0 aromatic carbocycles. The van der Waals surface area contributed by atoms with Gasteiger partial charge in [0, 0.05) is 0 Å². The summed E-state index contributed by atoms with van der Waals surface area (Å²) in [7, 11) is 0. The molecule has 15 heavy (non-hydrogen) atoms. The molecule has 88 valence electrons. The average Bonchev–Trinajstić information content (AvgIpc) is 2.14. The van der Waals surface area contributed by atoms with Crippen molar-refractivity contribution in [2.24, 2.45) is 5.73 Å². The molecule has 0 radical (unpaired) electrons. The summed E-state index contributed by atoms with van der Waals surface area (Å²) in [6.45, 7) is 0. The van der Waals surface area contributed by atoms with Gasteiger partial charge in [-0.15, -0.1) is 0 Å². The van der Waals surface area contributed by atoms with Gasteiger partial charge in [-0.1, -0.05) is 0 Å². The van der Waals surface area contributed by atoms with Crippen LogP contribution in [0.5, 0.6) is 0 Å². The summed E-state index contributed by atoms with van der Waals surface area (Å²) in [6.07, 6.45) is 2.48. The predicted octanol–water partition coefficient (Wildman–Crippen LogP) is -0.693. The summed E-state index contributed by atoms with van der Waals surface area (Å²) < 4.78 is 0. The molecule has 0 fully saturated rings. The van der Waals surface area contributed by atoms with Gasteiger partial charge >= 0.3 is 17.9 Å². The second kappa shape index (κ2) is 9.28. The largest absolute Gasteiger partial charge is 0.480 e. The maximum atomic E-state index is 10.1. The SMILES string of the molecule is CSCC[C@H](N)C(=O)O.O=C(O)C(=O)O. The third-order valence-corrected chi connectivity index (χ3v) is 1.78. The zero-order valence-electron chi connectivity index (χ0n) is 8.04. The van der Waals surface area contributed by atoms with Gasteiger partial charge in [0.15, 0.2) is 0 Å². The molecular formula is C7H13NO6S. The Kier molecular flexibility index (Phi) is 10.0. The molecule has 5 N–H and O–H groups in total. The van der Waals surface area contributed by atoms with Crippen LogP contribution in [0.1, 0.15) is 6.42 Å². The van der Waals surface area contributed by atoms with Gasteiger partial charge in [-0.2, -0.15) is 11.8 Å². The molecule has 0 saturated carbocycles. The first kappa shape index (κ1) is 16.2. The van der Waals surface area contributed by atoms with Crippen LogP contribution in [0.25, 0.3) is 0 Å². The van der Waals surface area contributed by atoms with E-state index in [2.05, 4.69) is 0 Å². The highest BCUT2D eigenvalue weighted by atomic mass is 32.2. The van der Waals surface area contributed by atoms with Crippen molar-refractivity contribution in [2.45, 2.75) is 12.5 Å². The van der Waals surface area contributed by atoms with E-state index in [1.807, 2.05) is 6.26 Å². The van der Waals surface area contributed by atoms with Gasteiger partial charge in [-0.3, -0.25) is 4.79 Å². The van der Waals surface area contributed by atoms with Gasteiger partial charge < -0.3 is 21.1 Å². The molecule has 0 unspecified atom stereocenters. The number of rotatable bonds is 4. The van der Waals surface area contributed by atoms with Crippen LogP contribution in [0.2, 0.25) is 0 Å². The number of carboxylic acid groups (broad SMARTS) is 3. The van der Waals surface area contributed by atoms with E-state index in [0.29, 0.717) is 6.42 Å². The molecule has 8 heteroatoms. The van der Waals surface area contributed by atoms with E-state index in [-0.39, 0.29) is 0 Å².